The molecule has 0 amide bonds. The lowest BCUT2D eigenvalue weighted by Gasteiger charge is -2.29. The first kappa shape index (κ1) is 13.4. The minimum atomic E-state index is 0.267. The van der Waals surface area contributed by atoms with Gasteiger partial charge in [0.1, 0.15) is 5.75 Å². The zero-order valence-electron chi connectivity index (χ0n) is 11.6. The van der Waals surface area contributed by atoms with E-state index in [0.29, 0.717) is 12.0 Å². The van der Waals surface area contributed by atoms with Gasteiger partial charge in [0, 0.05) is 18.7 Å². The van der Waals surface area contributed by atoms with Crippen molar-refractivity contribution >= 4 is 0 Å². The van der Waals surface area contributed by atoms with Gasteiger partial charge in [-0.15, -0.1) is 0 Å². The highest BCUT2D eigenvalue weighted by molar-refractivity contribution is 5.36. The molecule has 1 saturated heterocycles. The van der Waals surface area contributed by atoms with Gasteiger partial charge in [0.15, 0.2) is 0 Å². The summed E-state index contributed by atoms with van der Waals surface area (Å²) < 4.78 is 5.46. The van der Waals surface area contributed by atoms with Crippen LogP contribution in [0.5, 0.6) is 5.75 Å². The van der Waals surface area contributed by atoms with Crippen LogP contribution < -0.4 is 10.5 Å². The molecule has 1 heterocycles. The number of methoxy groups -OCH3 is 1. The van der Waals surface area contributed by atoms with Crippen LogP contribution in [-0.4, -0.2) is 31.6 Å². The fraction of sp³-hybridized carbons (Fsp3) is 0.600. The molecule has 0 aliphatic carbocycles. The quantitative estimate of drug-likeness (QED) is 0.889. The second-order valence-electron chi connectivity index (χ2n) is 5.88. The molecule has 1 aromatic carbocycles. The lowest BCUT2D eigenvalue weighted by Crippen LogP contribution is -2.33. The molecule has 18 heavy (non-hydrogen) atoms. The molecule has 1 atom stereocenters. The summed E-state index contributed by atoms with van der Waals surface area (Å²) in [5.74, 6) is 0.942. The van der Waals surface area contributed by atoms with Crippen molar-refractivity contribution in [1.82, 2.24) is 4.90 Å². The summed E-state index contributed by atoms with van der Waals surface area (Å²) in [6.07, 6.45) is 1.23. The summed E-state index contributed by atoms with van der Waals surface area (Å²) in [6, 6.07) is 8.47. The van der Waals surface area contributed by atoms with Crippen LogP contribution in [0.1, 0.15) is 31.9 Å². The summed E-state index contributed by atoms with van der Waals surface area (Å²) in [4.78, 5) is 2.48. The standard InChI is InChI=1S/C15H24N2O/c1-15(2)8-9-17(11-15)13(10-16)12-6-4-5-7-14(12)18-3/h4-7,13H,8-11,16H2,1-3H3. The number of rotatable bonds is 4. The van der Waals surface area contributed by atoms with Gasteiger partial charge in [-0.3, -0.25) is 4.90 Å². The SMILES string of the molecule is COc1ccccc1C(CN)N1CCC(C)(C)C1. The third-order valence-corrected chi connectivity index (χ3v) is 3.87. The topological polar surface area (TPSA) is 38.5 Å². The third-order valence-electron chi connectivity index (χ3n) is 3.87. The van der Waals surface area contributed by atoms with Crippen LogP contribution >= 0.6 is 0 Å². The summed E-state index contributed by atoms with van der Waals surface area (Å²) in [7, 11) is 1.72. The van der Waals surface area contributed by atoms with Gasteiger partial charge in [0.2, 0.25) is 0 Å². The Kier molecular flexibility index (Phi) is 3.93. The van der Waals surface area contributed by atoms with Crippen molar-refractivity contribution in [3.63, 3.8) is 0 Å². The summed E-state index contributed by atoms with van der Waals surface area (Å²) in [5, 5.41) is 0. The van der Waals surface area contributed by atoms with E-state index >= 15 is 0 Å². The van der Waals surface area contributed by atoms with Crippen molar-refractivity contribution in [3.05, 3.63) is 29.8 Å². The lowest BCUT2D eigenvalue weighted by molar-refractivity contribution is 0.219. The maximum Gasteiger partial charge on any atom is 0.123 e. The Hall–Kier alpha value is -1.06. The van der Waals surface area contributed by atoms with Crippen LogP contribution in [0.4, 0.5) is 0 Å². The Labute approximate surface area is 110 Å². The Morgan fingerprint density at radius 3 is 2.67 bits per heavy atom. The number of hydrogen-bond donors (Lipinski definition) is 1. The first-order valence-corrected chi connectivity index (χ1v) is 6.64. The normalized spacial score (nSPS) is 20.9. The molecule has 1 aromatic rings. The summed E-state index contributed by atoms with van der Waals surface area (Å²) >= 11 is 0. The Balaban J connectivity index is 2.23. The van der Waals surface area contributed by atoms with Crippen LogP contribution in [0.2, 0.25) is 0 Å². The highest BCUT2D eigenvalue weighted by Crippen LogP contribution is 2.36. The molecule has 100 valence electrons. The maximum atomic E-state index is 6.00. The van der Waals surface area contributed by atoms with E-state index in [9.17, 15) is 0 Å². The molecule has 0 radical (unpaired) electrons. The van der Waals surface area contributed by atoms with E-state index in [0.717, 1.165) is 18.8 Å². The highest BCUT2D eigenvalue weighted by Gasteiger charge is 2.34. The van der Waals surface area contributed by atoms with E-state index in [1.807, 2.05) is 12.1 Å². The minimum absolute atomic E-state index is 0.267. The fourth-order valence-corrected chi connectivity index (χ4v) is 2.83. The van der Waals surface area contributed by atoms with Gasteiger partial charge in [-0.25, -0.2) is 0 Å². The number of ether oxygens (including phenoxy) is 1. The van der Waals surface area contributed by atoms with Crippen molar-refractivity contribution < 1.29 is 4.74 Å². The molecule has 0 bridgehead atoms. The lowest BCUT2D eigenvalue weighted by atomic mass is 9.93. The molecule has 0 saturated carbocycles. The van der Waals surface area contributed by atoms with Crippen molar-refractivity contribution in [1.29, 1.82) is 0 Å². The number of hydrogen-bond acceptors (Lipinski definition) is 3. The highest BCUT2D eigenvalue weighted by atomic mass is 16.5. The van der Waals surface area contributed by atoms with E-state index in [4.69, 9.17) is 10.5 Å². The average Bonchev–Trinajstić information content (AvgIpc) is 2.71. The smallest absolute Gasteiger partial charge is 0.123 e. The zero-order chi connectivity index (χ0) is 13.2. The van der Waals surface area contributed by atoms with Crippen LogP contribution in [0.3, 0.4) is 0 Å². The van der Waals surface area contributed by atoms with Gasteiger partial charge in [0.05, 0.1) is 13.2 Å². The van der Waals surface area contributed by atoms with Gasteiger partial charge in [-0.2, -0.15) is 0 Å². The number of likely N-dealkylation sites (tertiary alicyclic amines) is 1. The molecule has 1 aliphatic rings. The van der Waals surface area contributed by atoms with Crippen LogP contribution in [-0.2, 0) is 0 Å². The number of nitrogens with two attached hydrogens (primary N) is 1. The van der Waals surface area contributed by atoms with Crippen molar-refractivity contribution in [2.75, 3.05) is 26.7 Å². The van der Waals surface area contributed by atoms with Crippen LogP contribution in [0.15, 0.2) is 24.3 Å². The molecule has 3 nitrogen and oxygen atoms in total. The molecular weight excluding hydrogens is 224 g/mol. The van der Waals surface area contributed by atoms with E-state index in [-0.39, 0.29) is 6.04 Å². The monoisotopic (exact) mass is 248 g/mol. The molecule has 1 unspecified atom stereocenters. The Morgan fingerprint density at radius 2 is 2.11 bits per heavy atom. The molecular formula is C15H24N2O. The van der Waals surface area contributed by atoms with Crippen LogP contribution in [0, 0.1) is 5.41 Å². The zero-order valence-corrected chi connectivity index (χ0v) is 11.6. The van der Waals surface area contributed by atoms with Gasteiger partial charge in [0.25, 0.3) is 0 Å². The molecule has 1 fully saturated rings. The van der Waals surface area contributed by atoms with Gasteiger partial charge in [-0.1, -0.05) is 32.0 Å². The molecule has 0 spiro atoms. The van der Waals surface area contributed by atoms with E-state index < -0.39 is 0 Å². The number of nitrogens with zero attached hydrogens (tertiary/aromatic N) is 1. The third kappa shape index (κ3) is 2.68. The molecule has 2 rings (SSSR count). The molecule has 0 aromatic heterocycles. The first-order chi connectivity index (χ1) is 8.57. The first-order valence-electron chi connectivity index (χ1n) is 6.64. The van der Waals surface area contributed by atoms with Crippen molar-refractivity contribution in [3.8, 4) is 5.75 Å². The largest absolute Gasteiger partial charge is 0.496 e. The molecule has 1 aliphatic heterocycles. The average molecular weight is 248 g/mol. The van der Waals surface area contributed by atoms with Crippen LogP contribution in [0.25, 0.3) is 0 Å². The second-order valence-corrected chi connectivity index (χ2v) is 5.88. The predicted molar refractivity (Wildman–Crippen MR) is 74.8 cm³/mol. The molecule has 3 heteroatoms. The van der Waals surface area contributed by atoms with E-state index in [1.54, 1.807) is 7.11 Å². The molecule has 2 N–H and O–H groups in total. The van der Waals surface area contributed by atoms with Crippen molar-refractivity contribution in [2.45, 2.75) is 26.3 Å². The Morgan fingerprint density at radius 1 is 1.39 bits per heavy atom. The summed E-state index contributed by atoms with van der Waals surface area (Å²) in [5.41, 5.74) is 7.61. The summed E-state index contributed by atoms with van der Waals surface area (Å²) in [6.45, 7) is 7.50. The van der Waals surface area contributed by atoms with E-state index in [2.05, 4.69) is 30.9 Å². The maximum absolute atomic E-state index is 6.00. The van der Waals surface area contributed by atoms with Crippen molar-refractivity contribution in [2.24, 2.45) is 11.1 Å². The minimum Gasteiger partial charge on any atom is -0.496 e. The fourth-order valence-electron chi connectivity index (χ4n) is 2.83. The van der Waals surface area contributed by atoms with E-state index in [1.165, 1.54) is 12.0 Å². The Bertz CT molecular complexity index is 403. The predicted octanol–water partition coefficient (Wildman–Crippen LogP) is 2.43. The number of para-hydroxylation sites is 1. The number of benzene rings is 1. The van der Waals surface area contributed by atoms with Gasteiger partial charge >= 0.3 is 0 Å². The van der Waals surface area contributed by atoms with Gasteiger partial charge < -0.3 is 10.5 Å². The second kappa shape index (κ2) is 5.29. The van der Waals surface area contributed by atoms with Gasteiger partial charge in [-0.05, 0) is 24.4 Å².